The van der Waals surface area contributed by atoms with Gasteiger partial charge in [-0.05, 0) is 43.3 Å². The minimum Gasteiger partial charge on any atom is -0.442 e. The van der Waals surface area contributed by atoms with Gasteiger partial charge in [-0.2, -0.15) is 0 Å². The molecule has 0 aliphatic carbocycles. The number of hydrogen-bond acceptors (Lipinski definition) is 8. The number of thiophene rings is 1. The first kappa shape index (κ1) is 26.0. The molecule has 2 N–H and O–H groups in total. The van der Waals surface area contributed by atoms with Crippen LogP contribution in [-0.4, -0.2) is 74.2 Å². The van der Waals surface area contributed by atoms with Crippen LogP contribution < -0.4 is 15.5 Å². The number of nitrogens with zero attached hydrogens (tertiary/aromatic N) is 3. The van der Waals surface area contributed by atoms with Crippen molar-refractivity contribution >= 4 is 58.1 Å². The number of halogens is 2. The number of carbonyl (C=O) groups excluding carboxylic acids is 4. The number of carbonyl (C=O) groups is 4. The zero-order valence-electron chi connectivity index (χ0n) is 19.2. The number of benzene rings is 1. The van der Waals surface area contributed by atoms with E-state index >= 15 is 4.39 Å². The predicted octanol–water partition coefficient (Wildman–Crippen LogP) is 2.64. The lowest BCUT2D eigenvalue weighted by molar-refractivity contribution is -0.129. The van der Waals surface area contributed by atoms with E-state index in [2.05, 4.69) is 0 Å². The third kappa shape index (κ3) is 5.67. The van der Waals surface area contributed by atoms with Crippen LogP contribution >= 0.6 is 22.9 Å². The molecule has 2 aliphatic rings. The standard InChI is InChI=1S/C23H24ClFN4O6S/c24-19-6-5-18(36-19)22(32)29(20(30)2-1-7-26)12-15-11-28(23(33)35-15)17-4-3-14(10-16(17)25)27-8-9-34-13-21(27)31/h3-6,10,15H,1-2,7-9,11-13,26H2/t15-/m1/s1. The lowest BCUT2D eigenvalue weighted by Gasteiger charge is -2.27. The van der Waals surface area contributed by atoms with Gasteiger partial charge in [-0.1, -0.05) is 11.6 Å². The molecule has 0 bridgehead atoms. The Balaban J connectivity index is 1.49. The van der Waals surface area contributed by atoms with Crippen molar-refractivity contribution in [3.63, 3.8) is 0 Å². The van der Waals surface area contributed by atoms with Gasteiger partial charge in [0.15, 0.2) is 0 Å². The second-order valence-electron chi connectivity index (χ2n) is 8.16. The number of amides is 4. The molecule has 1 atom stereocenters. The molecule has 1 aromatic carbocycles. The smallest absolute Gasteiger partial charge is 0.414 e. The fraction of sp³-hybridized carbons (Fsp3) is 0.391. The van der Waals surface area contributed by atoms with Crippen molar-refractivity contribution in [1.82, 2.24) is 4.90 Å². The van der Waals surface area contributed by atoms with Crippen LogP contribution in [0.15, 0.2) is 30.3 Å². The van der Waals surface area contributed by atoms with Gasteiger partial charge >= 0.3 is 6.09 Å². The van der Waals surface area contributed by atoms with Crippen LogP contribution in [0.1, 0.15) is 22.5 Å². The van der Waals surface area contributed by atoms with Gasteiger partial charge in [-0.15, -0.1) is 11.3 Å². The summed E-state index contributed by atoms with van der Waals surface area (Å²) in [6.45, 7) is 0.540. The minimum atomic E-state index is -0.876. The maximum atomic E-state index is 15.0. The van der Waals surface area contributed by atoms with Crippen LogP contribution in [0.5, 0.6) is 0 Å². The van der Waals surface area contributed by atoms with E-state index in [0.29, 0.717) is 29.6 Å². The van der Waals surface area contributed by atoms with Gasteiger partial charge in [0, 0.05) is 18.7 Å². The Morgan fingerprint density at radius 2 is 2.03 bits per heavy atom. The van der Waals surface area contributed by atoms with Crippen molar-refractivity contribution in [2.75, 3.05) is 49.2 Å². The SMILES string of the molecule is NCCCC(=O)N(C[C@H]1CN(c2ccc(N3CCOCC3=O)cc2F)C(=O)O1)C(=O)c1ccc(Cl)s1. The largest absolute Gasteiger partial charge is 0.442 e. The molecular weight excluding hydrogens is 515 g/mol. The summed E-state index contributed by atoms with van der Waals surface area (Å²) in [5.41, 5.74) is 5.82. The van der Waals surface area contributed by atoms with Crippen molar-refractivity contribution in [2.45, 2.75) is 18.9 Å². The third-order valence-corrected chi connectivity index (χ3v) is 6.92. The molecular formula is C23H24ClFN4O6S. The second-order valence-corrected chi connectivity index (χ2v) is 9.87. The van der Waals surface area contributed by atoms with E-state index in [9.17, 15) is 19.2 Å². The Morgan fingerprint density at radius 1 is 1.22 bits per heavy atom. The zero-order chi connectivity index (χ0) is 25.8. The van der Waals surface area contributed by atoms with Crippen molar-refractivity contribution in [3.05, 3.63) is 45.4 Å². The lowest BCUT2D eigenvalue weighted by Crippen LogP contribution is -2.43. The Labute approximate surface area is 215 Å². The van der Waals surface area contributed by atoms with Crippen molar-refractivity contribution in [1.29, 1.82) is 0 Å². The molecule has 3 heterocycles. The topological polar surface area (TPSA) is 122 Å². The molecule has 4 amide bonds. The Morgan fingerprint density at radius 3 is 2.69 bits per heavy atom. The van der Waals surface area contributed by atoms with E-state index in [4.69, 9.17) is 26.8 Å². The average Bonchev–Trinajstić information content (AvgIpc) is 3.46. The Hall–Kier alpha value is -3.06. The zero-order valence-corrected chi connectivity index (χ0v) is 20.7. The van der Waals surface area contributed by atoms with Gasteiger partial charge in [0.1, 0.15) is 18.5 Å². The molecule has 2 saturated heterocycles. The van der Waals surface area contributed by atoms with Crippen LogP contribution in [0, 0.1) is 5.82 Å². The van der Waals surface area contributed by atoms with E-state index in [1.165, 1.54) is 29.2 Å². The highest BCUT2D eigenvalue weighted by atomic mass is 35.5. The molecule has 36 heavy (non-hydrogen) atoms. The number of cyclic esters (lactones) is 1. The molecule has 10 nitrogen and oxygen atoms in total. The molecule has 0 radical (unpaired) electrons. The number of imide groups is 1. The van der Waals surface area contributed by atoms with Gasteiger partial charge in [-0.3, -0.25) is 24.2 Å². The quantitative estimate of drug-likeness (QED) is 0.548. The molecule has 2 aromatic rings. The first-order valence-corrected chi connectivity index (χ1v) is 12.4. The van der Waals surface area contributed by atoms with Crippen molar-refractivity contribution < 1.29 is 33.0 Å². The van der Waals surface area contributed by atoms with Gasteiger partial charge in [0.05, 0.1) is 34.6 Å². The van der Waals surface area contributed by atoms with Crippen LogP contribution in [0.2, 0.25) is 4.34 Å². The van der Waals surface area contributed by atoms with Crippen LogP contribution in [0.3, 0.4) is 0 Å². The number of morpholine rings is 1. The summed E-state index contributed by atoms with van der Waals surface area (Å²) >= 11 is 6.97. The van der Waals surface area contributed by atoms with Crippen LogP contribution in [-0.2, 0) is 19.1 Å². The van der Waals surface area contributed by atoms with E-state index in [1.54, 1.807) is 6.07 Å². The van der Waals surface area contributed by atoms with Gasteiger partial charge < -0.3 is 20.1 Å². The molecule has 192 valence electrons. The first-order valence-electron chi connectivity index (χ1n) is 11.2. The fourth-order valence-corrected chi connectivity index (χ4v) is 4.93. The Kier molecular flexibility index (Phi) is 8.19. The molecule has 13 heteroatoms. The summed E-state index contributed by atoms with van der Waals surface area (Å²) in [5, 5.41) is 0. The molecule has 1 aromatic heterocycles. The number of anilines is 2. The number of nitrogens with two attached hydrogens (primary N) is 1. The third-order valence-electron chi connectivity index (χ3n) is 5.70. The maximum absolute atomic E-state index is 15.0. The number of hydrogen-bond donors (Lipinski definition) is 1. The highest BCUT2D eigenvalue weighted by Gasteiger charge is 2.37. The summed E-state index contributed by atoms with van der Waals surface area (Å²) in [4.78, 5) is 54.2. The highest BCUT2D eigenvalue weighted by molar-refractivity contribution is 7.18. The average molecular weight is 539 g/mol. The predicted molar refractivity (Wildman–Crippen MR) is 131 cm³/mol. The monoisotopic (exact) mass is 538 g/mol. The number of rotatable bonds is 8. The normalized spacial score (nSPS) is 17.9. The van der Waals surface area contributed by atoms with Crippen molar-refractivity contribution in [3.8, 4) is 0 Å². The van der Waals surface area contributed by atoms with E-state index in [-0.39, 0.29) is 49.1 Å². The maximum Gasteiger partial charge on any atom is 0.414 e. The molecule has 4 rings (SSSR count). The first-order chi connectivity index (χ1) is 17.3. The Bertz CT molecular complexity index is 1180. The molecule has 0 unspecified atom stereocenters. The molecule has 2 aliphatic heterocycles. The van der Waals surface area contributed by atoms with E-state index in [0.717, 1.165) is 21.1 Å². The highest BCUT2D eigenvalue weighted by Crippen LogP contribution is 2.30. The van der Waals surface area contributed by atoms with E-state index in [1.807, 2.05) is 0 Å². The summed E-state index contributed by atoms with van der Waals surface area (Å²) in [7, 11) is 0. The minimum absolute atomic E-state index is 0.0377. The number of ether oxygens (including phenoxy) is 2. The van der Waals surface area contributed by atoms with Crippen molar-refractivity contribution in [2.24, 2.45) is 5.73 Å². The van der Waals surface area contributed by atoms with Crippen LogP contribution in [0.4, 0.5) is 20.6 Å². The molecule has 2 fully saturated rings. The molecule has 0 spiro atoms. The summed E-state index contributed by atoms with van der Waals surface area (Å²) in [6.07, 6.45) is -1.26. The van der Waals surface area contributed by atoms with Gasteiger partial charge in [0.25, 0.3) is 11.8 Å². The second kappa shape index (κ2) is 11.3. The van der Waals surface area contributed by atoms with E-state index < -0.39 is 29.8 Å². The van der Waals surface area contributed by atoms with Gasteiger partial charge in [0.2, 0.25) is 5.91 Å². The molecule has 0 saturated carbocycles. The summed E-state index contributed by atoms with van der Waals surface area (Å²) in [5.74, 6) is -2.03. The van der Waals surface area contributed by atoms with Crippen LogP contribution in [0.25, 0.3) is 0 Å². The van der Waals surface area contributed by atoms with Gasteiger partial charge in [-0.25, -0.2) is 9.18 Å². The summed E-state index contributed by atoms with van der Waals surface area (Å²) < 4.78 is 25.9. The fourth-order valence-electron chi connectivity index (χ4n) is 3.94. The summed E-state index contributed by atoms with van der Waals surface area (Å²) in [6, 6.07) is 7.17. The lowest BCUT2D eigenvalue weighted by atomic mass is 10.2.